The molecule has 0 saturated heterocycles. The lowest BCUT2D eigenvalue weighted by Gasteiger charge is -2.07. The van der Waals surface area contributed by atoms with Crippen molar-refractivity contribution in [2.45, 2.75) is 13.3 Å². The predicted molar refractivity (Wildman–Crippen MR) is 85.0 cm³/mol. The molecule has 0 atom stereocenters. The van der Waals surface area contributed by atoms with E-state index in [-0.39, 0.29) is 11.4 Å². The van der Waals surface area contributed by atoms with Gasteiger partial charge in [-0.25, -0.2) is 13.5 Å². The second-order valence-electron chi connectivity index (χ2n) is 5.06. The molecule has 0 saturated carbocycles. The molecule has 0 aliphatic carbocycles. The Bertz CT molecular complexity index is 878. The van der Waals surface area contributed by atoms with E-state index in [9.17, 15) is 13.6 Å². The number of halogens is 2. The van der Waals surface area contributed by atoms with Crippen LogP contribution in [0.15, 0.2) is 48.5 Å². The van der Waals surface area contributed by atoms with Crippen LogP contribution < -0.4 is 5.32 Å². The Balaban J connectivity index is 1.92. The Kier molecular flexibility index (Phi) is 4.33. The van der Waals surface area contributed by atoms with E-state index in [1.165, 1.54) is 0 Å². The van der Waals surface area contributed by atoms with Crippen LogP contribution in [0.5, 0.6) is 0 Å². The Morgan fingerprint density at radius 3 is 2.58 bits per heavy atom. The summed E-state index contributed by atoms with van der Waals surface area (Å²) in [6.07, 6.45) is 0.510. The minimum atomic E-state index is -0.850. The first-order valence-corrected chi connectivity index (χ1v) is 7.36. The summed E-state index contributed by atoms with van der Waals surface area (Å²) in [4.78, 5) is 12.4. The molecular formula is C17H14F2N4O. The number of anilines is 1. The molecule has 5 nitrogen and oxygen atoms in total. The monoisotopic (exact) mass is 328 g/mol. The lowest BCUT2D eigenvalue weighted by atomic mass is 10.2. The van der Waals surface area contributed by atoms with Gasteiger partial charge in [0.05, 0.1) is 17.1 Å². The molecule has 0 bridgehead atoms. The van der Waals surface area contributed by atoms with Crippen molar-refractivity contribution in [1.29, 1.82) is 0 Å². The number of hydrogen-bond acceptors (Lipinski definition) is 3. The molecule has 0 radical (unpaired) electrons. The number of carbonyl (C=O) groups excluding carboxylic acids is 1. The van der Waals surface area contributed by atoms with Crippen molar-refractivity contribution < 1.29 is 13.6 Å². The first-order valence-electron chi connectivity index (χ1n) is 7.36. The van der Waals surface area contributed by atoms with Crippen molar-refractivity contribution >= 4 is 11.6 Å². The highest BCUT2D eigenvalue weighted by Gasteiger charge is 2.20. The van der Waals surface area contributed by atoms with Gasteiger partial charge >= 0.3 is 0 Å². The molecule has 0 unspecified atom stereocenters. The predicted octanol–water partition coefficient (Wildman–Crippen LogP) is 3.36. The zero-order valence-corrected chi connectivity index (χ0v) is 12.8. The van der Waals surface area contributed by atoms with Crippen molar-refractivity contribution in [1.82, 2.24) is 15.0 Å². The third-order valence-electron chi connectivity index (χ3n) is 3.49. The number of nitrogens with one attached hydrogen (secondary N) is 1. The molecule has 0 aliphatic rings. The highest BCUT2D eigenvalue weighted by Crippen LogP contribution is 2.18. The highest BCUT2D eigenvalue weighted by molar-refractivity contribution is 6.03. The van der Waals surface area contributed by atoms with Crippen LogP contribution in [-0.2, 0) is 6.42 Å². The zero-order valence-electron chi connectivity index (χ0n) is 12.8. The third kappa shape index (κ3) is 3.01. The van der Waals surface area contributed by atoms with Gasteiger partial charge in [0.2, 0.25) is 0 Å². The molecule has 24 heavy (non-hydrogen) atoms. The smallest absolute Gasteiger partial charge is 0.278 e. The Morgan fingerprint density at radius 1 is 1.17 bits per heavy atom. The fraction of sp³-hybridized carbons (Fsp3) is 0.118. The Hall–Kier alpha value is -3.09. The fourth-order valence-electron chi connectivity index (χ4n) is 2.34. The molecular weight excluding hydrogens is 314 g/mol. The van der Waals surface area contributed by atoms with Gasteiger partial charge in [0.15, 0.2) is 5.69 Å². The maximum Gasteiger partial charge on any atom is 0.278 e. The van der Waals surface area contributed by atoms with Gasteiger partial charge in [-0.2, -0.15) is 0 Å². The van der Waals surface area contributed by atoms with Crippen molar-refractivity contribution in [3.8, 4) is 5.69 Å². The second kappa shape index (κ2) is 6.57. The van der Waals surface area contributed by atoms with Gasteiger partial charge in [-0.1, -0.05) is 30.3 Å². The van der Waals surface area contributed by atoms with Gasteiger partial charge in [-0.3, -0.25) is 4.79 Å². The third-order valence-corrected chi connectivity index (χ3v) is 3.49. The van der Waals surface area contributed by atoms with Crippen molar-refractivity contribution in [2.75, 3.05) is 5.32 Å². The van der Waals surface area contributed by atoms with Crippen molar-refractivity contribution in [3.63, 3.8) is 0 Å². The summed E-state index contributed by atoms with van der Waals surface area (Å²) in [5, 5.41) is 10.3. The average Bonchev–Trinajstić information content (AvgIpc) is 3.02. The summed E-state index contributed by atoms with van der Waals surface area (Å²) in [7, 11) is 0. The van der Waals surface area contributed by atoms with E-state index in [2.05, 4.69) is 15.6 Å². The van der Waals surface area contributed by atoms with Crippen LogP contribution in [0.2, 0.25) is 0 Å². The van der Waals surface area contributed by atoms with Gasteiger partial charge in [-0.15, -0.1) is 5.10 Å². The molecule has 1 amide bonds. The number of rotatable bonds is 4. The normalized spacial score (nSPS) is 10.6. The topological polar surface area (TPSA) is 59.8 Å². The second-order valence-corrected chi connectivity index (χ2v) is 5.06. The number of benzene rings is 2. The van der Waals surface area contributed by atoms with E-state index in [0.29, 0.717) is 18.2 Å². The van der Waals surface area contributed by atoms with Gasteiger partial charge < -0.3 is 5.32 Å². The fourth-order valence-corrected chi connectivity index (χ4v) is 2.34. The van der Waals surface area contributed by atoms with Gasteiger partial charge in [0, 0.05) is 6.07 Å². The van der Waals surface area contributed by atoms with E-state index < -0.39 is 17.5 Å². The standard InChI is InChI=1S/C17H14F2N4O/c1-2-15-16(21-22-23(15)12-6-4-3-5-7-12)17(24)20-14-9-8-11(18)10-13(14)19/h3-10H,2H2,1H3,(H,20,24). The average molecular weight is 328 g/mol. The Morgan fingerprint density at radius 2 is 1.92 bits per heavy atom. The molecule has 2 aromatic carbocycles. The van der Waals surface area contributed by atoms with E-state index in [4.69, 9.17) is 0 Å². The number of amides is 1. The van der Waals surface area contributed by atoms with Crippen LogP contribution in [0, 0.1) is 11.6 Å². The largest absolute Gasteiger partial charge is 0.318 e. The molecule has 7 heteroatoms. The number of nitrogens with zero attached hydrogens (tertiary/aromatic N) is 3. The lowest BCUT2D eigenvalue weighted by Crippen LogP contribution is -2.16. The molecule has 1 N–H and O–H groups in total. The maximum absolute atomic E-state index is 13.7. The molecule has 1 heterocycles. The van der Waals surface area contributed by atoms with Gasteiger partial charge in [0.1, 0.15) is 11.6 Å². The highest BCUT2D eigenvalue weighted by atomic mass is 19.1. The van der Waals surface area contributed by atoms with Crippen molar-refractivity contribution in [3.05, 3.63) is 71.6 Å². The van der Waals surface area contributed by atoms with Gasteiger partial charge in [-0.05, 0) is 30.7 Å². The summed E-state index contributed by atoms with van der Waals surface area (Å²) >= 11 is 0. The molecule has 1 aromatic heterocycles. The van der Waals surface area contributed by atoms with E-state index in [1.807, 2.05) is 37.3 Å². The summed E-state index contributed by atoms with van der Waals surface area (Å²) in [6, 6.07) is 12.2. The molecule has 3 rings (SSSR count). The number of aromatic nitrogens is 3. The minimum Gasteiger partial charge on any atom is -0.318 e. The summed E-state index contributed by atoms with van der Waals surface area (Å²) in [5.41, 5.74) is 1.36. The molecule has 0 fully saturated rings. The van der Waals surface area contributed by atoms with Crippen molar-refractivity contribution in [2.24, 2.45) is 0 Å². The van der Waals surface area contributed by atoms with E-state index >= 15 is 0 Å². The summed E-state index contributed by atoms with van der Waals surface area (Å²) in [5.74, 6) is -2.16. The zero-order chi connectivity index (χ0) is 17.1. The molecule has 122 valence electrons. The molecule has 3 aromatic rings. The first kappa shape index (κ1) is 15.8. The molecule has 0 spiro atoms. The number of hydrogen-bond donors (Lipinski definition) is 1. The SMILES string of the molecule is CCc1c(C(=O)Nc2ccc(F)cc2F)nnn1-c1ccccc1. The van der Waals surface area contributed by atoms with E-state index in [0.717, 1.165) is 17.8 Å². The summed E-state index contributed by atoms with van der Waals surface area (Å²) < 4.78 is 28.2. The minimum absolute atomic E-state index is 0.102. The maximum atomic E-state index is 13.7. The Labute approximate surface area is 136 Å². The van der Waals surface area contributed by atoms with Crippen LogP contribution in [0.1, 0.15) is 23.1 Å². The van der Waals surface area contributed by atoms with Gasteiger partial charge in [0.25, 0.3) is 5.91 Å². The van der Waals surface area contributed by atoms with Crippen LogP contribution >= 0.6 is 0 Å². The van der Waals surface area contributed by atoms with Crippen LogP contribution in [0.3, 0.4) is 0 Å². The quantitative estimate of drug-likeness (QED) is 0.799. The van der Waals surface area contributed by atoms with Crippen LogP contribution in [-0.4, -0.2) is 20.9 Å². The summed E-state index contributed by atoms with van der Waals surface area (Å²) in [6.45, 7) is 1.87. The number of para-hydroxylation sites is 1. The van der Waals surface area contributed by atoms with E-state index in [1.54, 1.807) is 4.68 Å². The number of carbonyl (C=O) groups is 1. The molecule has 0 aliphatic heterocycles. The van der Waals surface area contributed by atoms with Crippen LogP contribution in [0.4, 0.5) is 14.5 Å². The van der Waals surface area contributed by atoms with Crippen LogP contribution in [0.25, 0.3) is 5.69 Å². The first-order chi connectivity index (χ1) is 11.6. The lowest BCUT2D eigenvalue weighted by molar-refractivity contribution is 0.102.